The Morgan fingerprint density at radius 3 is 2.18 bits per heavy atom. The van der Waals surface area contributed by atoms with Gasteiger partial charge >= 0.3 is 6.09 Å². The zero-order chi connectivity index (χ0) is 20.0. The number of hydrogen-bond donors (Lipinski definition) is 0. The summed E-state index contributed by atoms with van der Waals surface area (Å²) in [7, 11) is 0. The van der Waals surface area contributed by atoms with Crippen LogP contribution in [0.15, 0.2) is 0 Å². The molecule has 2 amide bonds. The molecule has 5 atom stereocenters. The van der Waals surface area contributed by atoms with E-state index < -0.39 is 0 Å². The number of rotatable bonds is 5. The van der Waals surface area contributed by atoms with Crippen molar-refractivity contribution in [1.29, 1.82) is 0 Å². The maximum Gasteiger partial charge on any atom is 0.410 e. The van der Waals surface area contributed by atoms with Gasteiger partial charge in [-0.2, -0.15) is 0 Å². The monoisotopic (exact) mass is 393 g/mol. The van der Waals surface area contributed by atoms with E-state index >= 15 is 0 Å². The molecule has 4 aliphatic rings. The largest absolute Gasteiger partial charge is 0.450 e. The number of carbonyl (C=O) groups is 2. The van der Waals surface area contributed by atoms with Gasteiger partial charge in [0.25, 0.3) is 0 Å². The van der Waals surface area contributed by atoms with Crippen LogP contribution >= 0.6 is 0 Å². The third-order valence-electron chi connectivity index (χ3n) is 7.25. The molecule has 0 aromatic heterocycles. The second kappa shape index (κ2) is 7.82. The van der Waals surface area contributed by atoms with Gasteiger partial charge in [0.05, 0.1) is 31.9 Å². The summed E-state index contributed by atoms with van der Waals surface area (Å²) in [5, 5.41) is 0. The molecular weight excluding hydrogens is 358 g/mol. The Balaban J connectivity index is 1.34. The second-order valence-electron chi connectivity index (χ2n) is 9.10. The van der Waals surface area contributed by atoms with Crippen LogP contribution in [-0.4, -0.2) is 90.3 Å². The molecule has 7 heteroatoms. The van der Waals surface area contributed by atoms with Crippen molar-refractivity contribution in [3.05, 3.63) is 0 Å². The first-order chi connectivity index (χ1) is 13.5. The van der Waals surface area contributed by atoms with Crippen molar-refractivity contribution in [2.24, 2.45) is 17.8 Å². The average Bonchev–Trinajstić information content (AvgIpc) is 3.14. The minimum absolute atomic E-state index is 0.113. The van der Waals surface area contributed by atoms with Crippen LogP contribution in [0.1, 0.15) is 40.5 Å². The molecular formula is C21H35N3O4. The predicted octanol–water partition coefficient (Wildman–Crippen LogP) is 1.81. The number of morpholine rings is 1. The highest BCUT2D eigenvalue weighted by Crippen LogP contribution is 2.54. The molecule has 3 saturated heterocycles. The summed E-state index contributed by atoms with van der Waals surface area (Å²) in [5.41, 5.74) is 0. The van der Waals surface area contributed by atoms with Crippen molar-refractivity contribution in [1.82, 2.24) is 14.7 Å². The summed E-state index contributed by atoms with van der Waals surface area (Å²) in [6.07, 6.45) is 1.70. The fourth-order valence-electron chi connectivity index (χ4n) is 5.87. The van der Waals surface area contributed by atoms with Crippen LogP contribution < -0.4 is 0 Å². The molecule has 0 aromatic carbocycles. The van der Waals surface area contributed by atoms with Gasteiger partial charge < -0.3 is 14.4 Å². The Morgan fingerprint density at radius 2 is 1.68 bits per heavy atom. The lowest BCUT2D eigenvalue weighted by molar-refractivity contribution is -0.135. The topological polar surface area (TPSA) is 62.3 Å². The standard InChI is InChI=1S/C21H35N3O4/c1-5-23(13(3)4)20(25)19-17-9-22(10-18(17)19)14-7-15-11-27-12-16(8-14)24(15)21(26)28-6-2/h13-19H,5-12H2,1-4H3/t14?,15?,16?,17-,18+,19-. The third-order valence-corrected chi connectivity index (χ3v) is 7.25. The van der Waals surface area contributed by atoms with Gasteiger partial charge in [-0.05, 0) is 52.4 Å². The molecule has 28 heavy (non-hydrogen) atoms. The van der Waals surface area contributed by atoms with E-state index in [0.717, 1.165) is 32.5 Å². The highest BCUT2D eigenvalue weighted by atomic mass is 16.6. The maximum absolute atomic E-state index is 12.8. The van der Waals surface area contributed by atoms with E-state index in [2.05, 4.69) is 25.7 Å². The van der Waals surface area contributed by atoms with Gasteiger partial charge in [-0.3, -0.25) is 14.6 Å². The van der Waals surface area contributed by atoms with E-state index in [0.29, 0.717) is 43.6 Å². The van der Waals surface area contributed by atoms with Gasteiger partial charge in [0, 0.05) is 37.6 Å². The first kappa shape index (κ1) is 20.0. The highest BCUT2D eigenvalue weighted by Gasteiger charge is 2.61. The van der Waals surface area contributed by atoms with Gasteiger partial charge in [0.15, 0.2) is 0 Å². The molecule has 158 valence electrons. The average molecular weight is 394 g/mol. The van der Waals surface area contributed by atoms with Gasteiger partial charge in [-0.15, -0.1) is 0 Å². The Bertz CT molecular complexity index is 586. The van der Waals surface area contributed by atoms with Crippen molar-refractivity contribution >= 4 is 12.0 Å². The van der Waals surface area contributed by atoms with Crippen LogP contribution in [0.25, 0.3) is 0 Å². The SMILES string of the molecule is CCOC(=O)N1C2COCC1CC(N1C[C@@H]3[C@H](C1)[C@@H]3C(=O)N(CC)C(C)C)C2. The van der Waals surface area contributed by atoms with Gasteiger partial charge in [0.2, 0.25) is 5.91 Å². The lowest BCUT2D eigenvalue weighted by Gasteiger charge is -2.49. The molecule has 2 unspecified atom stereocenters. The van der Waals surface area contributed by atoms with Crippen LogP contribution in [0.4, 0.5) is 4.79 Å². The molecule has 4 rings (SSSR count). The van der Waals surface area contributed by atoms with Gasteiger partial charge in [-0.25, -0.2) is 4.79 Å². The summed E-state index contributed by atoms with van der Waals surface area (Å²) in [6, 6.07) is 0.992. The number of fused-ring (bicyclic) bond motifs is 3. The molecule has 0 radical (unpaired) electrons. The first-order valence-corrected chi connectivity index (χ1v) is 11.0. The molecule has 3 aliphatic heterocycles. The number of piperidine rings is 2. The number of amides is 2. The number of hydrogen-bond acceptors (Lipinski definition) is 5. The summed E-state index contributed by atoms with van der Waals surface area (Å²) in [6.45, 7) is 12.6. The smallest absolute Gasteiger partial charge is 0.410 e. The van der Waals surface area contributed by atoms with Crippen molar-refractivity contribution in [3.8, 4) is 0 Å². The molecule has 0 N–H and O–H groups in total. The van der Waals surface area contributed by atoms with Crippen LogP contribution in [0.3, 0.4) is 0 Å². The molecule has 0 spiro atoms. The van der Waals surface area contributed by atoms with E-state index in [9.17, 15) is 9.59 Å². The summed E-state index contributed by atoms with van der Waals surface area (Å²) < 4.78 is 11.0. The Morgan fingerprint density at radius 1 is 1.07 bits per heavy atom. The molecule has 2 bridgehead atoms. The predicted molar refractivity (Wildman–Crippen MR) is 105 cm³/mol. The molecule has 4 fully saturated rings. The van der Waals surface area contributed by atoms with Crippen LogP contribution in [0, 0.1) is 17.8 Å². The Kier molecular flexibility index (Phi) is 5.58. The van der Waals surface area contributed by atoms with E-state index in [-0.39, 0.29) is 30.1 Å². The number of carbonyl (C=O) groups excluding carboxylic acids is 2. The van der Waals surface area contributed by atoms with E-state index in [1.807, 2.05) is 16.7 Å². The minimum Gasteiger partial charge on any atom is -0.450 e. The van der Waals surface area contributed by atoms with Gasteiger partial charge in [-0.1, -0.05) is 0 Å². The normalized spacial score (nSPS) is 37.0. The molecule has 3 heterocycles. The Labute approximate surface area is 168 Å². The fourth-order valence-corrected chi connectivity index (χ4v) is 5.87. The summed E-state index contributed by atoms with van der Waals surface area (Å²) in [5.74, 6) is 1.65. The van der Waals surface area contributed by atoms with Crippen molar-refractivity contribution in [2.45, 2.75) is 64.7 Å². The van der Waals surface area contributed by atoms with E-state index in [4.69, 9.17) is 9.47 Å². The second-order valence-corrected chi connectivity index (χ2v) is 9.10. The molecule has 0 aromatic rings. The van der Waals surface area contributed by atoms with Crippen LogP contribution in [-0.2, 0) is 14.3 Å². The zero-order valence-corrected chi connectivity index (χ0v) is 17.7. The fraction of sp³-hybridized carbons (Fsp3) is 0.905. The first-order valence-electron chi connectivity index (χ1n) is 11.0. The molecule has 7 nitrogen and oxygen atoms in total. The number of likely N-dealkylation sites (tertiary alicyclic amines) is 1. The van der Waals surface area contributed by atoms with Gasteiger partial charge in [0.1, 0.15) is 0 Å². The third kappa shape index (κ3) is 3.41. The lowest BCUT2D eigenvalue weighted by atomic mass is 9.89. The van der Waals surface area contributed by atoms with Crippen molar-refractivity contribution in [2.75, 3.05) is 39.5 Å². The number of ether oxygens (including phenoxy) is 2. The van der Waals surface area contributed by atoms with Crippen LogP contribution in [0.2, 0.25) is 0 Å². The molecule has 1 aliphatic carbocycles. The van der Waals surface area contributed by atoms with Crippen LogP contribution in [0.5, 0.6) is 0 Å². The summed E-state index contributed by atoms with van der Waals surface area (Å²) in [4.78, 5) is 31.7. The lowest BCUT2D eigenvalue weighted by Crippen LogP contribution is -2.62. The van der Waals surface area contributed by atoms with E-state index in [1.54, 1.807) is 0 Å². The maximum atomic E-state index is 12.8. The highest BCUT2D eigenvalue weighted by molar-refractivity contribution is 5.83. The zero-order valence-electron chi connectivity index (χ0n) is 17.7. The summed E-state index contributed by atoms with van der Waals surface area (Å²) >= 11 is 0. The molecule has 1 saturated carbocycles. The minimum atomic E-state index is -0.192. The van der Waals surface area contributed by atoms with E-state index in [1.165, 1.54) is 0 Å². The van der Waals surface area contributed by atoms with Crippen molar-refractivity contribution < 1.29 is 19.1 Å². The Hall–Kier alpha value is -1.34. The quantitative estimate of drug-likeness (QED) is 0.713. The number of nitrogens with zero attached hydrogens (tertiary/aromatic N) is 3. The van der Waals surface area contributed by atoms with Crippen molar-refractivity contribution in [3.63, 3.8) is 0 Å².